The van der Waals surface area contributed by atoms with Crippen molar-refractivity contribution in [1.82, 2.24) is 14.1 Å². The Morgan fingerprint density at radius 3 is 2.50 bits per heavy atom. The van der Waals surface area contributed by atoms with Crippen molar-refractivity contribution in [2.45, 2.75) is 24.7 Å². The highest BCUT2D eigenvalue weighted by Crippen LogP contribution is 2.25. The Morgan fingerprint density at radius 2 is 1.85 bits per heavy atom. The normalized spacial score (nSPS) is 23.2. The van der Waals surface area contributed by atoms with Gasteiger partial charge in [-0.2, -0.15) is 4.31 Å². The zero-order valence-electron chi connectivity index (χ0n) is 15.1. The van der Waals surface area contributed by atoms with Gasteiger partial charge < -0.3 is 4.90 Å². The van der Waals surface area contributed by atoms with E-state index in [9.17, 15) is 13.2 Å². The van der Waals surface area contributed by atoms with Crippen LogP contribution >= 0.6 is 11.6 Å². The van der Waals surface area contributed by atoms with Crippen molar-refractivity contribution < 1.29 is 13.2 Å². The molecular formula is C18H26ClN3O3S. The van der Waals surface area contributed by atoms with Crippen molar-refractivity contribution in [3.8, 4) is 0 Å². The van der Waals surface area contributed by atoms with Gasteiger partial charge in [0.1, 0.15) is 4.90 Å². The average molecular weight is 400 g/mol. The van der Waals surface area contributed by atoms with Crippen LogP contribution in [-0.4, -0.2) is 74.2 Å². The number of rotatable bonds is 4. The Bertz CT molecular complexity index is 748. The number of benzene rings is 1. The first-order valence-corrected chi connectivity index (χ1v) is 10.9. The minimum Gasteiger partial charge on any atom is -0.341 e. The number of hydrogen-bond donors (Lipinski definition) is 0. The summed E-state index contributed by atoms with van der Waals surface area (Å²) in [5.74, 6) is 0.712. The summed E-state index contributed by atoms with van der Waals surface area (Å²) in [4.78, 5) is 16.6. The van der Waals surface area contributed by atoms with Crippen molar-refractivity contribution in [1.29, 1.82) is 0 Å². The zero-order valence-corrected chi connectivity index (χ0v) is 16.7. The number of carbonyl (C=O) groups is 1. The fourth-order valence-corrected chi connectivity index (χ4v) is 5.54. The van der Waals surface area contributed by atoms with Gasteiger partial charge in [0, 0.05) is 39.3 Å². The minimum atomic E-state index is -3.59. The summed E-state index contributed by atoms with van der Waals surface area (Å²) in [7, 11) is -3.59. The summed E-state index contributed by atoms with van der Waals surface area (Å²) in [6.07, 6.45) is 2.25. The van der Waals surface area contributed by atoms with Crippen LogP contribution in [0.3, 0.4) is 0 Å². The van der Waals surface area contributed by atoms with Crippen LogP contribution in [0.4, 0.5) is 0 Å². The van der Waals surface area contributed by atoms with Gasteiger partial charge in [-0.25, -0.2) is 8.42 Å². The van der Waals surface area contributed by atoms with E-state index in [1.54, 1.807) is 18.2 Å². The van der Waals surface area contributed by atoms with Gasteiger partial charge in [-0.05, 0) is 30.9 Å². The number of piperazine rings is 1. The molecule has 2 aliphatic rings. The summed E-state index contributed by atoms with van der Waals surface area (Å²) < 4.78 is 27.0. The lowest BCUT2D eigenvalue weighted by Gasteiger charge is -2.36. The Morgan fingerprint density at radius 1 is 1.15 bits per heavy atom. The van der Waals surface area contributed by atoms with E-state index in [1.807, 2.05) is 9.80 Å². The van der Waals surface area contributed by atoms with Gasteiger partial charge in [-0.3, -0.25) is 9.69 Å². The molecule has 2 heterocycles. The summed E-state index contributed by atoms with van der Waals surface area (Å²) in [6.45, 7) is 6.07. The van der Waals surface area contributed by atoms with Gasteiger partial charge >= 0.3 is 0 Å². The van der Waals surface area contributed by atoms with Crippen LogP contribution in [0.5, 0.6) is 0 Å². The second-order valence-electron chi connectivity index (χ2n) is 7.20. The molecule has 0 aromatic heterocycles. The summed E-state index contributed by atoms with van der Waals surface area (Å²) in [5, 5.41) is 0.240. The van der Waals surface area contributed by atoms with Crippen LogP contribution in [0.1, 0.15) is 19.8 Å². The summed E-state index contributed by atoms with van der Waals surface area (Å²) >= 11 is 6.06. The number of piperidine rings is 1. The quantitative estimate of drug-likeness (QED) is 0.775. The lowest BCUT2D eigenvalue weighted by Crippen LogP contribution is -2.52. The van der Waals surface area contributed by atoms with Gasteiger partial charge in [-0.1, -0.05) is 30.7 Å². The smallest absolute Gasteiger partial charge is 0.244 e. The van der Waals surface area contributed by atoms with Crippen LogP contribution in [0.15, 0.2) is 29.2 Å². The average Bonchev–Trinajstić information content (AvgIpc) is 2.62. The Labute approximate surface area is 160 Å². The number of sulfonamides is 1. The monoisotopic (exact) mass is 399 g/mol. The van der Waals surface area contributed by atoms with E-state index in [2.05, 4.69) is 6.92 Å². The van der Waals surface area contributed by atoms with Crippen LogP contribution in [0.2, 0.25) is 5.02 Å². The predicted octanol–water partition coefficient (Wildman–Crippen LogP) is 1.90. The molecule has 1 aromatic rings. The molecule has 0 unspecified atom stereocenters. The molecule has 6 nitrogen and oxygen atoms in total. The third-order valence-corrected chi connectivity index (χ3v) is 7.55. The summed E-state index contributed by atoms with van der Waals surface area (Å²) in [6, 6.07) is 6.51. The SMILES string of the molecule is C[C@@H]1CCCN(C(=O)CN2CCN(S(=O)(=O)c3ccccc3Cl)CC2)C1. The van der Waals surface area contributed by atoms with Gasteiger partial charge in [-0.15, -0.1) is 0 Å². The molecule has 0 N–H and O–H groups in total. The number of hydrogen-bond acceptors (Lipinski definition) is 4. The fourth-order valence-electron chi connectivity index (χ4n) is 3.63. The van der Waals surface area contributed by atoms with Crippen LogP contribution in [0, 0.1) is 5.92 Å². The molecule has 0 aliphatic carbocycles. The molecule has 2 fully saturated rings. The van der Waals surface area contributed by atoms with E-state index >= 15 is 0 Å². The molecule has 0 spiro atoms. The molecule has 0 bridgehead atoms. The molecule has 144 valence electrons. The molecular weight excluding hydrogens is 374 g/mol. The molecule has 1 atom stereocenters. The maximum absolute atomic E-state index is 12.8. The number of halogens is 1. The lowest BCUT2D eigenvalue weighted by molar-refractivity contribution is -0.134. The molecule has 1 amide bonds. The number of amides is 1. The number of carbonyl (C=O) groups excluding carboxylic acids is 1. The van der Waals surface area contributed by atoms with E-state index in [1.165, 1.54) is 16.8 Å². The van der Waals surface area contributed by atoms with Crippen LogP contribution < -0.4 is 0 Å². The first-order chi connectivity index (χ1) is 12.4. The molecule has 0 radical (unpaired) electrons. The highest BCUT2D eigenvalue weighted by molar-refractivity contribution is 7.89. The van der Waals surface area contributed by atoms with Crippen molar-refractivity contribution in [2.24, 2.45) is 5.92 Å². The molecule has 3 rings (SSSR count). The number of likely N-dealkylation sites (tertiary alicyclic amines) is 1. The molecule has 8 heteroatoms. The first-order valence-electron chi connectivity index (χ1n) is 9.13. The highest BCUT2D eigenvalue weighted by Gasteiger charge is 2.31. The predicted molar refractivity (Wildman–Crippen MR) is 102 cm³/mol. The molecule has 1 aromatic carbocycles. The minimum absolute atomic E-state index is 0.147. The highest BCUT2D eigenvalue weighted by atomic mass is 35.5. The third kappa shape index (κ3) is 4.39. The third-order valence-electron chi connectivity index (χ3n) is 5.15. The van der Waals surface area contributed by atoms with Crippen molar-refractivity contribution >= 4 is 27.5 Å². The molecule has 0 saturated carbocycles. The van der Waals surface area contributed by atoms with Crippen molar-refractivity contribution in [2.75, 3.05) is 45.8 Å². The van der Waals surface area contributed by atoms with E-state index in [0.29, 0.717) is 38.6 Å². The van der Waals surface area contributed by atoms with E-state index in [0.717, 1.165) is 19.5 Å². The maximum Gasteiger partial charge on any atom is 0.244 e. The van der Waals surface area contributed by atoms with Crippen LogP contribution in [0.25, 0.3) is 0 Å². The maximum atomic E-state index is 12.8. The summed E-state index contributed by atoms with van der Waals surface area (Å²) in [5.41, 5.74) is 0. The van der Waals surface area contributed by atoms with E-state index in [4.69, 9.17) is 11.6 Å². The second-order valence-corrected chi connectivity index (χ2v) is 9.51. The van der Waals surface area contributed by atoms with Gasteiger partial charge in [0.2, 0.25) is 15.9 Å². The lowest BCUT2D eigenvalue weighted by atomic mass is 10.0. The van der Waals surface area contributed by atoms with Crippen molar-refractivity contribution in [3.05, 3.63) is 29.3 Å². The molecule has 2 saturated heterocycles. The largest absolute Gasteiger partial charge is 0.341 e. The second kappa shape index (κ2) is 8.25. The molecule has 26 heavy (non-hydrogen) atoms. The van der Waals surface area contributed by atoms with Gasteiger partial charge in [0.25, 0.3) is 0 Å². The van der Waals surface area contributed by atoms with Gasteiger partial charge in [0.05, 0.1) is 11.6 Å². The topological polar surface area (TPSA) is 60.9 Å². The Hall–Kier alpha value is -1.15. The Kier molecular flexibility index (Phi) is 6.22. The zero-order chi connectivity index (χ0) is 18.7. The van der Waals surface area contributed by atoms with E-state index < -0.39 is 10.0 Å². The van der Waals surface area contributed by atoms with Crippen molar-refractivity contribution in [3.63, 3.8) is 0 Å². The first kappa shape index (κ1) is 19.6. The van der Waals surface area contributed by atoms with E-state index in [-0.39, 0.29) is 15.8 Å². The molecule has 2 aliphatic heterocycles. The number of nitrogens with zero attached hydrogens (tertiary/aromatic N) is 3. The Balaban J connectivity index is 1.56. The van der Waals surface area contributed by atoms with Gasteiger partial charge in [0.15, 0.2) is 0 Å². The van der Waals surface area contributed by atoms with Crippen LogP contribution in [-0.2, 0) is 14.8 Å². The fraction of sp³-hybridized carbons (Fsp3) is 0.611. The standard InChI is InChI=1S/C18H26ClN3O3S/c1-15-5-4-8-21(13-15)18(23)14-20-9-11-22(12-10-20)26(24,25)17-7-3-2-6-16(17)19/h2-3,6-7,15H,4-5,8-14H2,1H3/t15-/m1/s1.